The van der Waals surface area contributed by atoms with Gasteiger partial charge >= 0.3 is 0 Å². The molecule has 2 N–H and O–H groups in total. The molecule has 0 fully saturated rings. The van der Waals surface area contributed by atoms with Gasteiger partial charge < -0.3 is 10.3 Å². The summed E-state index contributed by atoms with van der Waals surface area (Å²) in [6.45, 7) is 1.42. The summed E-state index contributed by atoms with van der Waals surface area (Å²) in [4.78, 5) is 40.6. The summed E-state index contributed by atoms with van der Waals surface area (Å²) in [6, 6.07) is 17.3. The molecule has 0 saturated carbocycles. The lowest BCUT2D eigenvalue weighted by Crippen LogP contribution is -2.23. The van der Waals surface area contributed by atoms with Crippen LogP contribution in [-0.2, 0) is 0 Å². The third-order valence-electron chi connectivity index (χ3n) is 4.26. The number of amides is 1. The van der Waals surface area contributed by atoms with E-state index in [1.54, 1.807) is 36.4 Å². The van der Waals surface area contributed by atoms with Crippen molar-refractivity contribution in [2.75, 3.05) is 5.32 Å². The van der Waals surface area contributed by atoms with Crippen LogP contribution < -0.4 is 10.9 Å². The average Bonchev–Trinajstić information content (AvgIpc) is 3.04. The second kappa shape index (κ2) is 6.00. The largest absolute Gasteiger partial charge is 0.339 e. The van der Waals surface area contributed by atoms with Crippen LogP contribution in [0.5, 0.6) is 0 Å². The van der Waals surface area contributed by atoms with Gasteiger partial charge in [0.1, 0.15) is 11.3 Å². The van der Waals surface area contributed by atoms with Crippen LogP contribution in [0.25, 0.3) is 16.7 Å². The second-order valence-corrected chi connectivity index (χ2v) is 5.98. The maximum absolute atomic E-state index is 13.0. The fourth-order valence-corrected chi connectivity index (χ4v) is 3.01. The van der Waals surface area contributed by atoms with Gasteiger partial charge in [-0.15, -0.1) is 0 Å². The summed E-state index contributed by atoms with van der Waals surface area (Å²) in [5.41, 5.74) is 2.23. The minimum Gasteiger partial charge on any atom is -0.339 e. The number of fused-ring (bicyclic) bond motifs is 3. The predicted molar refractivity (Wildman–Crippen MR) is 99.9 cm³/mol. The lowest BCUT2D eigenvalue weighted by atomic mass is 10.1. The van der Waals surface area contributed by atoms with E-state index in [2.05, 4.69) is 10.3 Å². The van der Waals surface area contributed by atoms with Crippen molar-refractivity contribution in [1.29, 1.82) is 0 Å². The molecule has 6 heteroatoms. The molecule has 2 aromatic carbocycles. The van der Waals surface area contributed by atoms with Gasteiger partial charge in [0.2, 0.25) is 0 Å². The topological polar surface area (TPSA) is 83.4 Å². The van der Waals surface area contributed by atoms with Crippen LogP contribution in [-0.4, -0.2) is 21.1 Å². The number of nitrogens with zero attached hydrogens (tertiary/aromatic N) is 1. The van der Waals surface area contributed by atoms with Gasteiger partial charge in [0.25, 0.3) is 11.5 Å². The summed E-state index contributed by atoms with van der Waals surface area (Å²) in [6.07, 6.45) is 0. The van der Waals surface area contributed by atoms with Crippen LogP contribution in [0.1, 0.15) is 27.6 Å². The van der Waals surface area contributed by atoms with Crippen LogP contribution in [0.2, 0.25) is 0 Å². The highest BCUT2D eigenvalue weighted by Crippen LogP contribution is 2.20. The molecule has 0 aliphatic heterocycles. The molecule has 0 aliphatic carbocycles. The third kappa shape index (κ3) is 2.48. The van der Waals surface area contributed by atoms with Crippen LogP contribution in [0.15, 0.2) is 65.5 Å². The molecule has 0 radical (unpaired) electrons. The number of aromatic nitrogens is 2. The first-order valence-corrected chi connectivity index (χ1v) is 8.10. The Morgan fingerprint density at radius 3 is 2.42 bits per heavy atom. The van der Waals surface area contributed by atoms with Crippen LogP contribution in [0.3, 0.4) is 0 Å². The summed E-state index contributed by atoms with van der Waals surface area (Å²) >= 11 is 0. The Morgan fingerprint density at radius 2 is 1.69 bits per heavy atom. The van der Waals surface area contributed by atoms with E-state index < -0.39 is 11.5 Å². The molecule has 4 rings (SSSR count). The molecule has 0 bridgehead atoms. The molecule has 0 aliphatic rings. The van der Waals surface area contributed by atoms with Crippen molar-refractivity contribution >= 4 is 34.1 Å². The lowest BCUT2D eigenvalue weighted by Gasteiger charge is -2.08. The summed E-state index contributed by atoms with van der Waals surface area (Å²) in [5.74, 6) is -0.610. The first-order valence-electron chi connectivity index (χ1n) is 8.10. The average molecular weight is 345 g/mol. The van der Waals surface area contributed by atoms with Gasteiger partial charge in [0, 0.05) is 5.56 Å². The van der Waals surface area contributed by atoms with Crippen molar-refractivity contribution in [3.8, 4) is 0 Å². The van der Waals surface area contributed by atoms with Crippen LogP contribution in [0, 0.1) is 0 Å². The van der Waals surface area contributed by atoms with E-state index in [0.717, 1.165) is 5.52 Å². The quantitative estimate of drug-likeness (QED) is 0.559. The van der Waals surface area contributed by atoms with Crippen LogP contribution >= 0.6 is 0 Å². The fourth-order valence-electron chi connectivity index (χ4n) is 3.01. The fraction of sp³-hybridized carbons (Fsp3) is 0.0500. The predicted octanol–water partition coefficient (Wildman–Crippen LogP) is 3.24. The monoisotopic (exact) mass is 345 g/mol. The number of ketones is 1. The van der Waals surface area contributed by atoms with Gasteiger partial charge in [-0.2, -0.15) is 0 Å². The Bertz CT molecular complexity index is 1220. The van der Waals surface area contributed by atoms with Crippen LogP contribution in [0.4, 0.5) is 5.69 Å². The number of anilines is 1. The molecule has 26 heavy (non-hydrogen) atoms. The Labute approximate surface area is 148 Å². The summed E-state index contributed by atoms with van der Waals surface area (Å²) < 4.78 is 1.42. The Kier molecular flexibility index (Phi) is 3.65. The minimum absolute atomic E-state index is 0.0614. The van der Waals surface area contributed by atoms with Gasteiger partial charge in [0.05, 0.1) is 16.6 Å². The zero-order valence-corrected chi connectivity index (χ0v) is 13.9. The number of nitrogens with one attached hydrogen (secondary N) is 2. The molecule has 0 unspecified atom stereocenters. The van der Waals surface area contributed by atoms with E-state index >= 15 is 0 Å². The van der Waals surface area contributed by atoms with E-state index in [9.17, 15) is 14.4 Å². The Balaban J connectivity index is 1.94. The standard InChI is InChI=1S/C20H15N3O3/c1-12(24)14-11-16(22-19(25)13-7-3-2-4-8-13)20(26)23-17-10-6-5-9-15(17)21-18(14)23/h2-11,21H,1H3,(H,22,25). The molecule has 0 atom stereocenters. The summed E-state index contributed by atoms with van der Waals surface area (Å²) in [7, 11) is 0. The molecule has 0 spiro atoms. The zero-order valence-electron chi connectivity index (χ0n) is 13.9. The van der Waals surface area contributed by atoms with Gasteiger partial charge in [0.15, 0.2) is 5.78 Å². The lowest BCUT2D eigenvalue weighted by molar-refractivity contribution is 0.101. The number of para-hydroxylation sites is 2. The third-order valence-corrected chi connectivity index (χ3v) is 4.26. The van der Waals surface area contributed by atoms with E-state index in [1.807, 2.05) is 18.2 Å². The molecule has 128 valence electrons. The molecule has 2 aromatic heterocycles. The maximum Gasteiger partial charge on any atom is 0.280 e. The number of carbonyl (C=O) groups excluding carboxylic acids is 2. The molecule has 4 aromatic rings. The number of pyridine rings is 1. The smallest absolute Gasteiger partial charge is 0.280 e. The van der Waals surface area contributed by atoms with Gasteiger partial charge in [-0.05, 0) is 37.3 Å². The molecular weight excluding hydrogens is 330 g/mol. The number of carbonyl (C=O) groups is 2. The Hall–Kier alpha value is -3.67. The highest BCUT2D eigenvalue weighted by molar-refractivity contribution is 6.06. The number of H-pyrrole nitrogens is 1. The number of benzene rings is 2. The number of imidazole rings is 1. The van der Waals surface area contributed by atoms with Gasteiger partial charge in [-0.25, -0.2) is 0 Å². The van der Waals surface area contributed by atoms with Gasteiger partial charge in [-0.3, -0.25) is 18.8 Å². The number of hydrogen-bond donors (Lipinski definition) is 2. The van der Waals surface area contributed by atoms with Gasteiger partial charge in [-0.1, -0.05) is 30.3 Å². The number of rotatable bonds is 3. The highest BCUT2D eigenvalue weighted by atomic mass is 16.2. The van der Waals surface area contributed by atoms with Crippen molar-refractivity contribution in [3.63, 3.8) is 0 Å². The van der Waals surface area contributed by atoms with Crippen molar-refractivity contribution in [2.24, 2.45) is 0 Å². The minimum atomic E-state index is -0.406. The first-order chi connectivity index (χ1) is 12.6. The molecule has 6 nitrogen and oxygen atoms in total. The second-order valence-electron chi connectivity index (χ2n) is 5.98. The Morgan fingerprint density at radius 1 is 1.00 bits per heavy atom. The molecular formula is C20H15N3O3. The van der Waals surface area contributed by atoms with Crippen molar-refractivity contribution < 1.29 is 9.59 Å². The SMILES string of the molecule is CC(=O)c1cc(NC(=O)c2ccccc2)c(=O)n2c1[nH]c1ccccc12. The zero-order chi connectivity index (χ0) is 18.3. The van der Waals surface area contributed by atoms with Crippen molar-refractivity contribution in [3.05, 3.63) is 82.1 Å². The first kappa shape index (κ1) is 15.8. The molecule has 1 amide bonds. The van der Waals surface area contributed by atoms with Crippen molar-refractivity contribution in [1.82, 2.24) is 9.38 Å². The summed E-state index contributed by atoms with van der Waals surface area (Å²) in [5, 5.41) is 2.63. The van der Waals surface area contributed by atoms with E-state index in [4.69, 9.17) is 0 Å². The maximum atomic E-state index is 13.0. The number of hydrogen-bond acceptors (Lipinski definition) is 3. The molecule has 2 heterocycles. The number of aromatic amines is 1. The van der Waals surface area contributed by atoms with Crippen molar-refractivity contribution in [2.45, 2.75) is 6.92 Å². The highest BCUT2D eigenvalue weighted by Gasteiger charge is 2.18. The molecule has 0 saturated heterocycles. The van der Waals surface area contributed by atoms with E-state index in [-0.39, 0.29) is 11.5 Å². The van der Waals surface area contributed by atoms with E-state index in [0.29, 0.717) is 22.3 Å². The normalized spacial score (nSPS) is 11.0. The number of Topliss-reactive ketones (excluding diaryl/α,β-unsaturated/α-hetero) is 1. The van der Waals surface area contributed by atoms with E-state index in [1.165, 1.54) is 17.4 Å².